The Labute approximate surface area is 135 Å². The molecule has 0 heterocycles. The van der Waals surface area contributed by atoms with Gasteiger partial charge in [-0.3, -0.25) is 0 Å². The van der Waals surface area contributed by atoms with E-state index in [2.05, 4.69) is 35.1 Å². The van der Waals surface area contributed by atoms with Crippen LogP contribution >= 0.6 is 15.9 Å². The van der Waals surface area contributed by atoms with Gasteiger partial charge in [-0.2, -0.15) is 0 Å². The van der Waals surface area contributed by atoms with Crippen LogP contribution in [0.4, 0.5) is 4.39 Å². The lowest BCUT2D eigenvalue weighted by atomic mass is 9.71. The van der Waals surface area contributed by atoms with Crippen LogP contribution in [0.3, 0.4) is 0 Å². The lowest BCUT2D eigenvalue weighted by Gasteiger charge is -2.40. The molecule has 2 N–H and O–H groups in total. The van der Waals surface area contributed by atoms with E-state index in [9.17, 15) is 9.50 Å². The molecule has 0 bridgehead atoms. The van der Waals surface area contributed by atoms with Gasteiger partial charge >= 0.3 is 0 Å². The van der Waals surface area contributed by atoms with Crippen molar-refractivity contribution in [2.45, 2.75) is 58.1 Å². The van der Waals surface area contributed by atoms with Crippen molar-refractivity contribution in [3.8, 4) is 0 Å². The van der Waals surface area contributed by atoms with Crippen LogP contribution in [-0.2, 0) is 0 Å². The van der Waals surface area contributed by atoms with Gasteiger partial charge in [0.1, 0.15) is 5.82 Å². The van der Waals surface area contributed by atoms with Crippen LogP contribution in [0.25, 0.3) is 0 Å². The maximum absolute atomic E-state index is 13.9. The second-order valence-electron chi connectivity index (χ2n) is 7.16. The van der Waals surface area contributed by atoms with Crippen LogP contribution in [0.2, 0.25) is 0 Å². The molecule has 0 aliphatic heterocycles. The molecule has 0 aromatic heterocycles. The highest BCUT2D eigenvalue weighted by molar-refractivity contribution is 9.10. The highest BCUT2D eigenvalue weighted by Crippen LogP contribution is 2.40. The van der Waals surface area contributed by atoms with Gasteiger partial charge in [-0.15, -0.1) is 0 Å². The van der Waals surface area contributed by atoms with Gasteiger partial charge in [0, 0.05) is 22.6 Å². The summed E-state index contributed by atoms with van der Waals surface area (Å²) < 4.78 is 14.7. The molecule has 1 aromatic rings. The number of rotatable bonds is 4. The summed E-state index contributed by atoms with van der Waals surface area (Å²) >= 11 is 3.37. The molecule has 2 nitrogen and oxygen atoms in total. The van der Waals surface area contributed by atoms with Crippen molar-refractivity contribution >= 4 is 15.9 Å². The first-order chi connectivity index (χ1) is 9.71. The average molecular weight is 358 g/mol. The predicted molar refractivity (Wildman–Crippen MR) is 87.7 cm³/mol. The maximum atomic E-state index is 13.9. The number of benzene rings is 1. The van der Waals surface area contributed by atoms with Crippen LogP contribution in [-0.4, -0.2) is 17.3 Å². The minimum absolute atomic E-state index is 0.124. The summed E-state index contributed by atoms with van der Waals surface area (Å²) in [5.74, 6) is -0.213. The van der Waals surface area contributed by atoms with Crippen molar-refractivity contribution in [3.05, 3.63) is 34.1 Å². The molecule has 0 saturated heterocycles. The van der Waals surface area contributed by atoms with Gasteiger partial charge < -0.3 is 10.4 Å². The van der Waals surface area contributed by atoms with Gasteiger partial charge in [-0.25, -0.2) is 4.39 Å². The highest BCUT2D eigenvalue weighted by Gasteiger charge is 2.36. The van der Waals surface area contributed by atoms with E-state index in [0.29, 0.717) is 17.5 Å². The molecule has 1 aromatic carbocycles. The smallest absolute Gasteiger partial charge is 0.128 e. The minimum Gasteiger partial charge on any atom is -0.389 e. The van der Waals surface area contributed by atoms with Crippen LogP contribution in [0, 0.1) is 11.2 Å². The summed E-state index contributed by atoms with van der Waals surface area (Å²) in [6.07, 6.45) is 3.68. The predicted octanol–water partition coefficient (Wildman–Crippen LogP) is 4.57. The van der Waals surface area contributed by atoms with Crippen LogP contribution < -0.4 is 5.32 Å². The average Bonchev–Trinajstić information content (AvgIpc) is 2.43. The maximum Gasteiger partial charge on any atom is 0.128 e. The van der Waals surface area contributed by atoms with Gasteiger partial charge in [-0.05, 0) is 56.2 Å². The van der Waals surface area contributed by atoms with Gasteiger partial charge in [0.05, 0.1) is 5.60 Å². The molecule has 4 heteroatoms. The topological polar surface area (TPSA) is 32.3 Å². The van der Waals surface area contributed by atoms with Crippen molar-refractivity contribution in [2.24, 2.45) is 5.41 Å². The third kappa shape index (κ3) is 4.51. The summed E-state index contributed by atoms with van der Waals surface area (Å²) in [5.41, 5.74) is 0.296. The first-order valence-corrected chi connectivity index (χ1v) is 8.41. The Hall–Kier alpha value is -0.450. The van der Waals surface area contributed by atoms with E-state index in [1.54, 1.807) is 12.1 Å². The van der Waals surface area contributed by atoms with E-state index in [-0.39, 0.29) is 11.9 Å². The fraction of sp³-hybridized carbons (Fsp3) is 0.647. The monoisotopic (exact) mass is 357 g/mol. The van der Waals surface area contributed by atoms with Crippen LogP contribution in [0.1, 0.15) is 58.1 Å². The van der Waals surface area contributed by atoms with E-state index >= 15 is 0 Å². The summed E-state index contributed by atoms with van der Waals surface area (Å²) in [5, 5.41) is 14.0. The number of halogens is 2. The molecule has 1 unspecified atom stereocenters. The summed E-state index contributed by atoms with van der Waals surface area (Å²) in [6.45, 7) is 6.94. The summed E-state index contributed by atoms with van der Waals surface area (Å²) in [4.78, 5) is 0. The zero-order valence-electron chi connectivity index (χ0n) is 13.0. The molecular formula is C17H25BrFNO. The zero-order valence-corrected chi connectivity index (χ0v) is 14.6. The van der Waals surface area contributed by atoms with Gasteiger partial charge in [0.15, 0.2) is 0 Å². The minimum atomic E-state index is -0.660. The number of nitrogens with one attached hydrogen (secondary N) is 1. The quantitative estimate of drug-likeness (QED) is 0.826. The zero-order chi connectivity index (χ0) is 15.7. The molecule has 1 aliphatic carbocycles. The molecule has 21 heavy (non-hydrogen) atoms. The van der Waals surface area contributed by atoms with Crippen LogP contribution in [0.5, 0.6) is 0 Å². The Balaban J connectivity index is 1.95. The number of hydrogen-bond donors (Lipinski definition) is 2. The lowest BCUT2D eigenvalue weighted by molar-refractivity contribution is -0.0258. The summed E-state index contributed by atoms with van der Waals surface area (Å²) in [7, 11) is 0. The van der Waals surface area contributed by atoms with Crippen molar-refractivity contribution in [2.75, 3.05) is 6.54 Å². The Morgan fingerprint density at radius 2 is 1.90 bits per heavy atom. The third-order valence-corrected chi connectivity index (χ3v) is 5.19. The molecule has 1 aliphatic rings. The number of aliphatic hydroxyl groups is 1. The van der Waals surface area contributed by atoms with Crippen molar-refractivity contribution in [3.63, 3.8) is 0 Å². The largest absolute Gasteiger partial charge is 0.389 e. The Morgan fingerprint density at radius 3 is 2.52 bits per heavy atom. The summed E-state index contributed by atoms with van der Waals surface area (Å²) in [6, 6.07) is 4.83. The molecule has 118 valence electrons. The molecular weight excluding hydrogens is 333 g/mol. The fourth-order valence-electron chi connectivity index (χ4n) is 2.87. The van der Waals surface area contributed by atoms with E-state index in [0.717, 1.165) is 30.2 Å². The van der Waals surface area contributed by atoms with E-state index in [4.69, 9.17) is 0 Å². The fourth-order valence-corrected chi connectivity index (χ4v) is 3.25. The molecule has 0 spiro atoms. The van der Waals surface area contributed by atoms with Crippen molar-refractivity contribution in [1.29, 1.82) is 0 Å². The molecule has 1 saturated carbocycles. The van der Waals surface area contributed by atoms with E-state index in [1.165, 1.54) is 6.07 Å². The lowest BCUT2D eigenvalue weighted by Crippen LogP contribution is -2.45. The van der Waals surface area contributed by atoms with Crippen LogP contribution in [0.15, 0.2) is 22.7 Å². The number of hydrogen-bond acceptors (Lipinski definition) is 2. The van der Waals surface area contributed by atoms with Gasteiger partial charge in [-0.1, -0.05) is 29.8 Å². The van der Waals surface area contributed by atoms with Crippen molar-refractivity contribution in [1.82, 2.24) is 5.32 Å². The Kier molecular flexibility index (Phi) is 5.11. The molecule has 1 fully saturated rings. The Bertz CT molecular complexity index is 494. The second kappa shape index (κ2) is 6.35. The first kappa shape index (κ1) is 16.9. The SMILES string of the molecule is CC(NCC1(O)CCC(C)(C)CC1)c1cc(Br)ccc1F. The molecule has 1 atom stereocenters. The second-order valence-corrected chi connectivity index (χ2v) is 8.07. The third-order valence-electron chi connectivity index (χ3n) is 4.70. The standard InChI is InChI=1S/C17H25BrFNO/c1-12(14-10-13(18)4-5-15(14)19)20-11-17(21)8-6-16(2,3)7-9-17/h4-5,10,12,20-21H,6-9,11H2,1-3H3. The highest BCUT2D eigenvalue weighted by atomic mass is 79.9. The first-order valence-electron chi connectivity index (χ1n) is 7.62. The molecule has 0 amide bonds. The molecule has 0 radical (unpaired) electrons. The van der Waals surface area contributed by atoms with E-state index < -0.39 is 5.60 Å². The van der Waals surface area contributed by atoms with E-state index in [1.807, 2.05) is 6.92 Å². The normalized spacial score (nSPS) is 22.0. The van der Waals surface area contributed by atoms with Gasteiger partial charge in [0.2, 0.25) is 0 Å². The molecule has 2 rings (SSSR count). The van der Waals surface area contributed by atoms with Crippen molar-refractivity contribution < 1.29 is 9.50 Å². The Morgan fingerprint density at radius 1 is 1.29 bits per heavy atom. The van der Waals surface area contributed by atoms with Gasteiger partial charge in [0.25, 0.3) is 0 Å².